The monoisotopic (exact) mass is 488 g/mol. The van der Waals surface area contributed by atoms with Gasteiger partial charge >= 0.3 is 12.3 Å². The summed E-state index contributed by atoms with van der Waals surface area (Å²) in [6.07, 6.45) is 1.81. The van der Waals surface area contributed by atoms with Gasteiger partial charge in [-0.25, -0.2) is 4.79 Å². The minimum Gasteiger partial charge on any atom is -0.483 e. The molecule has 2 aromatic carbocycles. The van der Waals surface area contributed by atoms with E-state index in [9.17, 15) is 18.0 Å². The smallest absolute Gasteiger partial charge is 0.483 e. The second-order valence-corrected chi connectivity index (χ2v) is 10.4. The average Bonchev–Trinajstić information content (AvgIpc) is 3.54. The Morgan fingerprint density at radius 3 is 2.40 bits per heavy atom. The first-order valence-corrected chi connectivity index (χ1v) is 12.5. The van der Waals surface area contributed by atoms with Gasteiger partial charge in [0.1, 0.15) is 11.4 Å². The Bertz CT molecular complexity index is 1070. The maximum atomic E-state index is 13.2. The van der Waals surface area contributed by atoms with Gasteiger partial charge in [-0.15, -0.1) is 13.2 Å². The number of hydrogen-bond donors (Lipinski definition) is 0. The normalized spacial score (nSPS) is 28.9. The van der Waals surface area contributed by atoms with Crippen LogP contribution in [-0.2, 0) is 0 Å². The lowest BCUT2D eigenvalue weighted by atomic mass is 9.68. The van der Waals surface area contributed by atoms with Crippen LogP contribution < -0.4 is 14.2 Å². The molecule has 2 aromatic rings. The fraction of sp³-hybridized carbons (Fsp3) is 0.536. The van der Waals surface area contributed by atoms with Crippen molar-refractivity contribution >= 4 is 5.97 Å². The third-order valence-electron chi connectivity index (χ3n) is 8.62. The molecule has 0 saturated heterocycles. The Kier molecular flexibility index (Phi) is 6.22. The van der Waals surface area contributed by atoms with Crippen molar-refractivity contribution in [1.29, 1.82) is 0 Å². The second-order valence-electron chi connectivity index (χ2n) is 10.4. The highest BCUT2D eigenvalue weighted by Crippen LogP contribution is 2.63. The summed E-state index contributed by atoms with van der Waals surface area (Å²) in [5.41, 5.74) is -0.570. The molecule has 0 heterocycles. The largest absolute Gasteiger partial charge is 0.573 e. The highest BCUT2D eigenvalue weighted by atomic mass is 19.4. The van der Waals surface area contributed by atoms with Gasteiger partial charge in [-0.2, -0.15) is 0 Å². The molecule has 7 heteroatoms. The third-order valence-corrected chi connectivity index (χ3v) is 8.62. The van der Waals surface area contributed by atoms with Crippen molar-refractivity contribution in [3.63, 3.8) is 0 Å². The van der Waals surface area contributed by atoms with Crippen LogP contribution in [-0.4, -0.2) is 17.9 Å². The quantitative estimate of drug-likeness (QED) is 0.300. The molecule has 188 valence electrons. The Morgan fingerprint density at radius 1 is 0.943 bits per heavy atom. The standard InChI is InChI=1S/C28H31F3O4/c1-3-27(2,23-15-18-14-22(23)21-11-7-10-20(18)21)34-25-16-17(12-13-24(25)35-28(29,30)31)26(32)33-19-8-5-4-6-9-19/h4-6,8-9,12-13,16,18,20-23H,3,7,10-11,14-15H2,1-2H3. The fourth-order valence-corrected chi connectivity index (χ4v) is 7.01. The van der Waals surface area contributed by atoms with Crippen LogP contribution in [0.25, 0.3) is 0 Å². The summed E-state index contributed by atoms with van der Waals surface area (Å²) in [5, 5.41) is 0. The van der Waals surface area contributed by atoms with Gasteiger partial charge in [-0.1, -0.05) is 31.5 Å². The van der Waals surface area contributed by atoms with E-state index in [0.717, 1.165) is 18.4 Å². The average molecular weight is 489 g/mol. The molecule has 4 nitrogen and oxygen atoms in total. The SMILES string of the molecule is CCC(C)(Oc1cc(C(=O)Oc2ccccc2)ccc1OC(F)(F)F)C1CC2CC1C1CCCC21. The van der Waals surface area contributed by atoms with Crippen LogP contribution in [0.1, 0.15) is 62.7 Å². The van der Waals surface area contributed by atoms with Gasteiger partial charge in [0.05, 0.1) is 5.56 Å². The van der Waals surface area contributed by atoms with Crippen LogP contribution in [0.5, 0.6) is 17.2 Å². The van der Waals surface area contributed by atoms with Gasteiger partial charge < -0.3 is 14.2 Å². The predicted molar refractivity (Wildman–Crippen MR) is 124 cm³/mol. The van der Waals surface area contributed by atoms with Crippen molar-refractivity contribution in [2.75, 3.05) is 0 Å². The zero-order chi connectivity index (χ0) is 24.8. The van der Waals surface area contributed by atoms with E-state index < -0.39 is 23.7 Å². The molecular formula is C28H31F3O4. The molecule has 6 atom stereocenters. The number of carbonyl (C=O) groups excluding carboxylic acids is 1. The van der Waals surface area contributed by atoms with Crippen LogP contribution in [0.2, 0.25) is 0 Å². The molecule has 5 rings (SSSR count). The Labute approximate surface area is 203 Å². The molecule has 3 aliphatic carbocycles. The van der Waals surface area contributed by atoms with Crippen molar-refractivity contribution in [3.8, 4) is 17.2 Å². The predicted octanol–water partition coefficient (Wildman–Crippen LogP) is 7.42. The number of para-hydroxylation sites is 1. The van der Waals surface area contributed by atoms with Crippen LogP contribution in [0.4, 0.5) is 13.2 Å². The topological polar surface area (TPSA) is 44.8 Å². The van der Waals surface area contributed by atoms with E-state index in [1.165, 1.54) is 37.8 Å². The van der Waals surface area contributed by atoms with Crippen LogP contribution in [0, 0.1) is 29.6 Å². The number of ether oxygens (including phenoxy) is 3. The maximum absolute atomic E-state index is 13.2. The highest BCUT2D eigenvalue weighted by Gasteiger charge is 2.58. The van der Waals surface area contributed by atoms with Crippen LogP contribution >= 0.6 is 0 Å². The van der Waals surface area contributed by atoms with Crippen molar-refractivity contribution in [3.05, 3.63) is 54.1 Å². The van der Waals surface area contributed by atoms with Gasteiger partial charge in [0.25, 0.3) is 0 Å². The molecule has 0 N–H and O–H groups in total. The van der Waals surface area contributed by atoms with E-state index in [-0.39, 0.29) is 17.2 Å². The molecule has 0 aromatic heterocycles. The van der Waals surface area contributed by atoms with E-state index in [4.69, 9.17) is 9.47 Å². The summed E-state index contributed by atoms with van der Waals surface area (Å²) in [7, 11) is 0. The molecule has 0 spiro atoms. The number of rotatable bonds is 7. The van der Waals surface area contributed by atoms with Crippen molar-refractivity contribution in [1.82, 2.24) is 0 Å². The number of alkyl halides is 3. The number of hydrogen-bond acceptors (Lipinski definition) is 4. The van der Waals surface area contributed by atoms with Gasteiger partial charge in [0.2, 0.25) is 0 Å². The molecular weight excluding hydrogens is 457 g/mol. The van der Waals surface area contributed by atoms with Gasteiger partial charge in [-0.3, -0.25) is 0 Å². The summed E-state index contributed by atoms with van der Waals surface area (Å²) in [6.45, 7) is 4.00. The first-order valence-electron chi connectivity index (χ1n) is 12.5. The lowest BCUT2D eigenvalue weighted by molar-refractivity contribution is -0.275. The first kappa shape index (κ1) is 24.0. The van der Waals surface area contributed by atoms with Crippen molar-refractivity contribution in [2.45, 2.75) is 64.3 Å². The van der Waals surface area contributed by atoms with Gasteiger partial charge in [0.15, 0.2) is 11.5 Å². The van der Waals surface area contributed by atoms with Gasteiger partial charge in [0, 0.05) is 5.92 Å². The molecule has 2 bridgehead atoms. The second kappa shape index (κ2) is 9.07. The number of carbonyl (C=O) groups is 1. The third kappa shape index (κ3) is 4.74. The minimum atomic E-state index is -4.88. The number of halogens is 3. The lowest BCUT2D eigenvalue weighted by Crippen LogP contribution is -2.45. The van der Waals surface area contributed by atoms with Crippen molar-refractivity contribution in [2.24, 2.45) is 29.6 Å². The molecule has 0 amide bonds. The summed E-state index contributed by atoms with van der Waals surface area (Å²) >= 11 is 0. The molecule has 35 heavy (non-hydrogen) atoms. The van der Waals surface area contributed by atoms with E-state index in [0.29, 0.717) is 29.9 Å². The Morgan fingerprint density at radius 2 is 1.69 bits per heavy atom. The summed E-state index contributed by atoms with van der Waals surface area (Å²) in [6, 6.07) is 12.2. The van der Waals surface area contributed by atoms with E-state index in [2.05, 4.69) is 4.74 Å². The molecule has 3 aliphatic rings. The molecule has 3 saturated carbocycles. The summed E-state index contributed by atoms with van der Waals surface area (Å²) in [5.74, 6) is 2.13. The van der Waals surface area contributed by atoms with Crippen molar-refractivity contribution < 1.29 is 32.2 Å². The number of benzene rings is 2. The zero-order valence-corrected chi connectivity index (χ0v) is 20.0. The van der Waals surface area contributed by atoms with E-state index >= 15 is 0 Å². The Balaban J connectivity index is 1.43. The molecule has 3 fully saturated rings. The fourth-order valence-electron chi connectivity index (χ4n) is 7.01. The van der Waals surface area contributed by atoms with Crippen LogP contribution in [0.15, 0.2) is 48.5 Å². The van der Waals surface area contributed by atoms with E-state index in [1.54, 1.807) is 30.3 Å². The van der Waals surface area contributed by atoms with Crippen LogP contribution in [0.3, 0.4) is 0 Å². The zero-order valence-electron chi connectivity index (χ0n) is 20.0. The summed E-state index contributed by atoms with van der Waals surface area (Å²) in [4.78, 5) is 12.7. The maximum Gasteiger partial charge on any atom is 0.573 e. The summed E-state index contributed by atoms with van der Waals surface area (Å²) < 4.78 is 55.6. The molecule has 0 aliphatic heterocycles. The molecule has 0 radical (unpaired) electrons. The Hall–Kier alpha value is -2.70. The molecule has 6 unspecified atom stereocenters. The van der Waals surface area contributed by atoms with Gasteiger partial charge in [-0.05, 0) is 93.0 Å². The minimum absolute atomic E-state index is 0.0834. The number of fused-ring (bicyclic) bond motifs is 5. The number of esters is 1. The lowest BCUT2D eigenvalue weighted by Gasteiger charge is -2.43. The highest BCUT2D eigenvalue weighted by molar-refractivity contribution is 5.91. The first-order chi connectivity index (χ1) is 16.7. The van der Waals surface area contributed by atoms with E-state index in [1.807, 2.05) is 13.8 Å².